The third-order valence-corrected chi connectivity index (χ3v) is 4.18. The number of hydrogen-bond donors (Lipinski definition) is 1. The highest BCUT2D eigenvalue weighted by molar-refractivity contribution is 5.92. The summed E-state index contributed by atoms with van der Waals surface area (Å²) in [5.74, 6) is 0.390. The van der Waals surface area contributed by atoms with E-state index in [0.29, 0.717) is 11.6 Å². The van der Waals surface area contributed by atoms with Crippen LogP contribution in [-0.2, 0) is 0 Å². The van der Waals surface area contributed by atoms with Crippen molar-refractivity contribution in [2.75, 3.05) is 18.9 Å². The molecule has 1 N–H and O–H groups in total. The fraction of sp³-hybridized carbons (Fsp3) is 0.450. The van der Waals surface area contributed by atoms with Gasteiger partial charge < -0.3 is 10.2 Å². The van der Waals surface area contributed by atoms with Crippen molar-refractivity contribution in [1.29, 1.82) is 0 Å². The van der Waals surface area contributed by atoms with Crippen LogP contribution in [0.5, 0.6) is 0 Å². The first kappa shape index (κ1) is 18.9. The van der Waals surface area contributed by atoms with Gasteiger partial charge in [-0.15, -0.1) is 0 Å². The van der Waals surface area contributed by atoms with Crippen LogP contribution in [0, 0.1) is 27.7 Å². The molecule has 1 aromatic heterocycles. The molecule has 0 radical (unpaired) electrons. The summed E-state index contributed by atoms with van der Waals surface area (Å²) in [7, 11) is 1.82. The summed E-state index contributed by atoms with van der Waals surface area (Å²) in [4.78, 5) is 23.2. The van der Waals surface area contributed by atoms with Crippen molar-refractivity contribution in [3.05, 3.63) is 46.3 Å². The second-order valence-corrected chi connectivity index (χ2v) is 6.70. The van der Waals surface area contributed by atoms with Gasteiger partial charge in [-0.05, 0) is 51.3 Å². The van der Waals surface area contributed by atoms with Crippen molar-refractivity contribution in [2.45, 2.75) is 47.5 Å². The summed E-state index contributed by atoms with van der Waals surface area (Å²) in [5.41, 5.74) is 5.68. The summed E-state index contributed by atoms with van der Waals surface area (Å²) in [6.45, 7) is 10.9. The van der Waals surface area contributed by atoms with Gasteiger partial charge >= 0.3 is 0 Å². The molecule has 5 heteroatoms. The van der Waals surface area contributed by atoms with E-state index in [2.05, 4.69) is 55.1 Å². The molecule has 2 aromatic rings. The van der Waals surface area contributed by atoms with Gasteiger partial charge in [0, 0.05) is 25.0 Å². The van der Waals surface area contributed by atoms with Crippen LogP contribution in [0.1, 0.15) is 52.6 Å². The van der Waals surface area contributed by atoms with E-state index >= 15 is 0 Å². The molecule has 5 nitrogen and oxygen atoms in total. The van der Waals surface area contributed by atoms with E-state index in [9.17, 15) is 4.79 Å². The zero-order chi connectivity index (χ0) is 18.6. The smallest absolute Gasteiger partial charge is 0.272 e. The molecule has 0 fully saturated rings. The van der Waals surface area contributed by atoms with Gasteiger partial charge in [-0.1, -0.05) is 31.0 Å². The van der Waals surface area contributed by atoms with E-state index < -0.39 is 0 Å². The Morgan fingerprint density at radius 2 is 1.72 bits per heavy atom. The normalized spacial score (nSPS) is 10.6. The lowest BCUT2D eigenvalue weighted by atomic mass is 10.1. The molecule has 2 rings (SSSR count). The Kier molecular flexibility index (Phi) is 6.12. The van der Waals surface area contributed by atoms with Crippen molar-refractivity contribution in [2.24, 2.45) is 0 Å². The average Bonchev–Trinajstić information content (AvgIpc) is 2.54. The lowest BCUT2D eigenvalue weighted by molar-refractivity contribution is 0.0787. The number of amides is 1. The van der Waals surface area contributed by atoms with Crippen LogP contribution < -0.4 is 5.32 Å². The van der Waals surface area contributed by atoms with Crippen molar-refractivity contribution in [3.8, 4) is 0 Å². The number of benzene rings is 1. The number of anilines is 2. The van der Waals surface area contributed by atoms with E-state index in [1.165, 1.54) is 5.56 Å². The van der Waals surface area contributed by atoms with Gasteiger partial charge in [-0.3, -0.25) is 4.79 Å². The van der Waals surface area contributed by atoms with Gasteiger partial charge in [0.1, 0.15) is 5.69 Å². The number of hydrogen-bond acceptors (Lipinski definition) is 4. The fourth-order valence-electron chi connectivity index (χ4n) is 2.92. The highest BCUT2D eigenvalue weighted by atomic mass is 16.2. The summed E-state index contributed by atoms with van der Waals surface area (Å²) in [5, 5.41) is 3.29. The molecule has 0 aliphatic carbocycles. The first-order valence-corrected chi connectivity index (χ1v) is 8.77. The maximum Gasteiger partial charge on any atom is 0.272 e. The molecule has 25 heavy (non-hydrogen) atoms. The van der Waals surface area contributed by atoms with Crippen LogP contribution in [0.4, 0.5) is 11.6 Å². The Bertz CT molecular complexity index is 747. The molecule has 1 aromatic carbocycles. The number of carbonyl (C=O) groups is 1. The Labute approximate surface area is 150 Å². The third kappa shape index (κ3) is 4.78. The van der Waals surface area contributed by atoms with Gasteiger partial charge in [0.2, 0.25) is 5.95 Å². The average molecular weight is 340 g/mol. The number of aryl methyl sites for hydroxylation is 4. The molecule has 0 aliphatic rings. The van der Waals surface area contributed by atoms with Crippen molar-refractivity contribution >= 4 is 17.5 Å². The Morgan fingerprint density at radius 3 is 2.32 bits per heavy atom. The minimum Gasteiger partial charge on any atom is -0.340 e. The quantitative estimate of drug-likeness (QED) is 0.850. The van der Waals surface area contributed by atoms with E-state index in [1.807, 2.05) is 14.0 Å². The van der Waals surface area contributed by atoms with E-state index in [1.54, 1.807) is 11.0 Å². The largest absolute Gasteiger partial charge is 0.340 e. The Balaban J connectivity index is 2.29. The topological polar surface area (TPSA) is 58.1 Å². The number of nitrogens with one attached hydrogen (secondary N) is 1. The zero-order valence-electron chi connectivity index (χ0n) is 16.1. The summed E-state index contributed by atoms with van der Waals surface area (Å²) in [6.07, 6.45) is 2.04. The van der Waals surface area contributed by atoms with Gasteiger partial charge in [-0.25, -0.2) is 9.97 Å². The highest BCUT2D eigenvalue weighted by Crippen LogP contribution is 2.24. The Hall–Kier alpha value is -2.43. The minimum atomic E-state index is -0.0700. The monoisotopic (exact) mass is 340 g/mol. The van der Waals surface area contributed by atoms with E-state index in [-0.39, 0.29) is 5.91 Å². The van der Waals surface area contributed by atoms with Crippen LogP contribution >= 0.6 is 0 Å². The molecule has 0 atom stereocenters. The van der Waals surface area contributed by atoms with Gasteiger partial charge in [0.25, 0.3) is 5.91 Å². The third-order valence-electron chi connectivity index (χ3n) is 4.18. The second kappa shape index (κ2) is 8.10. The summed E-state index contributed by atoms with van der Waals surface area (Å²) in [6, 6.07) is 5.98. The van der Waals surface area contributed by atoms with Crippen LogP contribution in [0.2, 0.25) is 0 Å². The molecule has 0 aliphatic heterocycles. The number of carbonyl (C=O) groups excluding carboxylic acids is 1. The highest BCUT2D eigenvalue weighted by Gasteiger charge is 2.15. The standard InChI is InChI=1S/C20H28N4O/c1-7-8-9-24(6)19(25)17-12-16(5)21-20(22-17)23-18-14(3)10-13(2)11-15(18)4/h10-12H,7-9H2,1-6H3,(H,21,22,23). The van der Waals surface area contributed by atoms with Gasteiger partial charge in [0.05, 0.1) is 0 Å². The molecule has 0 saturated heterocycles. The van der Waals surface area contributed by atoms with Crippen molar-refractivity contribution < 1.29 is 4.79 Å². The molecule has 0 bridgehead atoms. The first-order chi connectivity index (χ1) is 11.8. The molecule has 1 heterocycles. The Morgan fingerprint density at radius 1 is 1.08 bits per heavy atom. The molecular weight excluding hydrogens is 312 g/mol. The number of unbranched alkanes of at least 4 members (excludes halogenated alkanes) is 1. The van der Waals surface area contributed by atoms with Crippen LogP contribution in [0.15, 0.2) is 18.2 Å². The zero-order valence-corrected chi connectivity index (χ0v) is 16.1. The fourth-order valence-corrected chi connectivity index (χ4v) is 2.92. The van der Waals surface area contributed by atoms with Crippen LogP contribution in [0.25, 0.3) is 0 Å². The van der Waals surface area contributed by atoms with Gasteiger partial charge in [0.15, 0.2) is 0 Å². The van der Waals surface area contributed by atoms with Crippen molar-refractivity contribution in [1.82, 2.24) is 14.9 Å². The maximum atomic E-state index is 12.6. The second-order valence-electron chi connectivity index (χ2n) is 6.70. The predicted molar refractivity (Wildman–Crippen MR) is 103 cm³/mol. The van der Waals surface area contributed by atoms with Crippen LogP contribution in [0.3, 0.4) is 0 Å². The molecule has 0 spiro atoms. The van der Waals surface area contributed by atoms with Gasteiger partial charge in [-0.2, -0.15) is 0 Å². The maximum absolute atomic E-state index is 12.6. The van der Waals surface area contributed by atoms with E-state index in [4.69, 9.17) is 0 Å². The first-order valence-electron chi connectivity index (χ1n) is 8.77. The molecule has 134 valence electrons. The predicted octanol–water partition coefficient (Wildman–Crippen LogP) is 4.33. The number of aromatic nitrogens is 2. The lowest BCUT2D eigenvalue weighted by Gasteiger charge is -2.17. The van der Waals surface area contributed by atoms with Crippen LogP contribution in [-0.4, -0.2) is 34.4 Å². The number of nitrogens with zero attached hydrogens (tertiary/aromatic N) is 3. The number of rotatable bonds is 6. The molecule has 1 amide bonds. The minimum absolute atomic E-state index is 0.0700. The molecular formula is C20H28N4O. The van der Waals surface area contributed by atoms with Crippen molar-refractivity contribution in [3.63, 3.8) is 0 Å². The molecule has 0 unspecified atom stereocenters. The summed E-state index contributed by atoms with van der Waals surface area (Å²) < 4.78 is 0. The molecule has 0 saturated carbocycles. The lowest BCUT2D eigenvalue weighted by Crippen LogP contribution is -2.28. The van der Waals surface area contributed by atoms with E-state index in [0.717, 1.165) is 41.9 Å². The SMILES string of the molecule is CCCCN(C)C(=O)c1cc(C)nc(Nc2c(C)cc(C)cc2C)n1. The summed E-state index contributed by atoms with van der Waals surface area (Å²) >= 11 is 0.